The molecule has 1 saturated carbocycles. The molecule has 1 aromatic rings. The van der Waals surface area contributed by atoms with Crippen LogP contribution in [0.5, 0.6) is 5.88 Å². The smallest absolute Gasteiger partial charge is 0.255 e. The molecule has 0 spiro atoms. The minimum atomic E-state index is -0.470. The van der Waals surface area contributed by atoms with Gasteiger partial charge in [0.25, 0.3) is 5.91 Å². The highest BCUT2D eigenvalue weighted by molar-refractivity contribution is 5.94. The number of primary amides is 1. The zero-order valence-corrected chi connectivity index (χ0v) is 14.4. The Morgan fingerprint density at radius 3 is 2.71 bits per heavy atom. The lowest BCUT2D eigenvalue weighted by atomic mass is 9.90. The summed E-state index contributed by atoms with van der Waals surface area (Å²) < 4.78 is 7.81. The van der Waals surface area contributed by atoms with Gasteiger partial charge in [0.2, 0.25) is 5.88 Å². The second-order valence-corrected chi connectivity index (χ2v) is 6.86. The van der Waals surface area contributed by atoms with Crippen LogP contribution < -0.4 is 15.8 Å². The van der Waals surface area contributed by atoms with Crippen molar-refractivity contribution in [2.45, 2.75) is 38.6 Å². The van der Waals surface area contributed by atoms with Gasteiger partial charge in [0.1, 0.15) is 5.56 Å². The molecule has 1 aliphatic carbocycles. The van der Waals surface area contributed by atoms with Crippen LogP contribution in [-0.4, -0.2) is 59.9 Å². The molecular formula is C17H29N5O2. The van der Waals surface area contributed by atoms with E-state index in [1.807, 2.05) is 0 Å². The Balaban J connectivity index is 1.60. The molecule has 0 radical (unpaired) electrons. The minimum absolute atomic E-state index is 0.395. The number of rotatable bonds is 7. The van der Waals surface area contributed by atoms with Gasteiger partial charge in [-0.05, 0) is 18.8 Å². The Bertz CT molecular complexity index is 533. The topological polar surface area (TPSA) is 85.4 Å². The monoisotopic (exact) mass is 335 g/mol. The maximum atomic E-state index is 11.7. The molecule has 7 heteroatoms. The van der Waals surface area contributed by atoms with E-state index < -0.39 is 5.91 Å². The average Bonchev–Trinajstić information content (AvgIpc) is 3.03. The number of hydrogen-bond donors (Lipinski definition) is 2. The van der Waals surface area contributed by atoms with Crippen molar-refractivity contribution in [1.29, 1.82) is 0 Å². The summed E-state index contributed by atoms with van der Waals surface area (Å²) in [5.41, 5.74) is 5.88. The van der Waals surface area contributed by atoms with Crippen LogP contribution in [0, 0.1) is 5.92 Å². The predicted octanol–water partition coefficient (Wildman–Crippen LogP) is 0.846. The van der Waals surface area contributed by atoms with Gasteiger partial charge in [0, 0.05) is 32.7 Å². The van der Waals surface area contributed by atoms with Gasteiger partial charge >= 0.3 is 0 Å². The van der Waals surface area contributed by atoms with Crippen molar-refractivity contribution in [2.75, 3.05) is 39.3 Å². The third-order valence-corrected chi connectivity index (χ3v) is 5.07. The number of nitrogens with one attached hydrogen (secondary N) is 1. The van der Waals surface area contributed by atoms with Gasteiger partial charge in [-0.1, -0.05) is 19.3 Å². The standard InChI is InChI=1S/C17H29N5O2/c18-16(23)15-12-20-22(11-10-21-8-6-19-7-9-21)17(15)24-13-14-4-2-1-3-5-14/h12,14,19H,1-11,13H2,(H2,18,23). The van der Waals surface area contributed by atoms with Gasteiger partial charge in [0.05, 0.1) is 19.3 Å². The van der Waals surface area contributed by atoms with E-state index in [4.69, 9.17) is 10.5 Å². The Labute approximate surface area is 143 Å². The summed E-state index contributed by atoms with van der Waals surface area (Å²) in [5.74, 6) is 0.654. The average molecular weight is 335 g/mol. The summed E-state index contributed by atoms with van der Waals surface area (Å²) in [6.07, 6.45) is 7.83. The summed E-state index contributed by atoms with van der Waals surface area (Å²) in [5, 5.41) is 7.68. The molecule has 0 unspecified atom stereocenters. The first-order chi connectivity index (χ1) is 11.7. The lowest BCUT2D eigenvalue weighted by Gasteiger charge is -2.27. The van der Waals surface area contributed by atoms with Gasteiger partial charge in [-0.3, -0.25) is 9.69 Å². The number of carbonyl (C=O) groups is 1. The van der Waals surface area contributed by atoms with E-state index in [-0.39, 0.29) is 0 Å². The molecule has 134 valence electrons. The summed E-state index contributed by atoms with van der Waals surface area (Å²) in [6, 6.07) is 0. The van der Waals surface area contributed by atoms with Crippen molar-refractivity contribution in [1.82, 2.24) is 20.0 Å². The van der Waals surface area contributed by atoms with E-state index in [1.54, 1.807) is 4.68 Å². The van der Waals surface area contributed by atoms with Crippen molar-refractivity contribution < 1.29 is 9.53 Å². The van der Waals surface area contributed by atoms with Crippen molar-refractivity contribution in [3.63, 3.8) is 0 Å². The number of nitrogens with two attached hydrogens (primary N) is 1. The number of hydrogen-bond acceptors (Lipinski definition) is 5. The van der Waals surface area contributed by atoms with Crippen LogP contribution in [0.15, 0.2) is 6.20 Å². The van der Waals surface area contributed by atoms with E-state index >= 15 is 0 Å². The SMILES string of the molecule is NC(=O)c1cnn(CCN2CCNCC2)c1OCC1CCCCC1. The van der Waals surface area contributed by atoms with E-state index in [0.717, 1.165) is 32.7 Å². The van der Waals surface area contributed by atoms with Crippen LogP contribution in [0.25, 0.3) is 0 Å². The molecule has 0 aromatic carbocycles. The quantitative estimate of drug-likeness (QED) is 0.771. The third kappa shape index (κ3) is 4.48. The molecule has 0 bridgehead atoms. The normalized spacial score (nSPS) is 20.2. The number of carbonyl (C=O) groups excluding carboxylic acids is 1. The van der Waals surface area contributed by atoms with Crippen molar-refractivity contribution >= 4 is 5.91 Å². The first-order valence-corrected chi connectivity index (χ1v) is 9.15. The fourth-order valence-corrected chi connectivity index (χ4v) is 3.58. The van der Waals surface area contributed by atoms with Crippen LogP contribution in [0.3, 0.4) is 0 Å². The number of ether oxygens (including phenoxy) is 1. The fourth-order valence-electron chi connectivity index (χ4n) is 3.58. The van der Waals surface area contributed by atoms with E-state index in [9.17, 15) is 4.79 Å². The molecule has 2 fully saturated rings. The molecule has 24 heavy (non-hydrogen) atoms. The second-order valence-electron chi connectivity index (χ2n) is 6.86. The summed E-state index contributed by atoms with van der Waals surface area (Å²) in [4.78, 5) is 14.1. The molecule has 1 saturated heterocycles. The molecule has 3 rings (SSSR count). The van der Waals surface area contributed by atoms with E-state index in [0.29, 0.717) is 30.5 Å². The van der Waals surface area contributed by atoms with Crippen LogP contribution in [-0.2, 0) is 6.54 Å². The highest BCUT2D eigenvalue weighted by atomic mass is 16.5. The molecule has 7 nitrogen and oxygen atoms in total. The third-order valence-electron chi connectivity index (χ3n) is 5.07. The van der Waals surface area contributed by atoms with Crippen molar-refractivity contribution in [3.8, 4) is 5.88 Å². The van der Waals surface area contributed by atoms with Gasteiger partial charge in [-0.15, -0.1) is 0 Å². The molecule has 1 aromatic heterocycles. The zero-order valence-electron chi connectivity index (χ0n) is 14.4. The molecule has 2 heterocycles. The Kier molecular flexibility index (Phi) is 6.09. The first-order valence-electron chi connectivity index (χ1n) is 9.15. The maximum absolute atomic E-state index is 11.7. The Hall–Kier alpha value is -1.60. The van der Waals surface area contributed by atoms with Crippen molar-refractivity contribution in [3.05, 3.63) is 11.8 Å². The highest BCUT2D eigenvalue weighted by Crippen LogP contribution is 2.26. The van der Waals surface area contributed by atoms with Crippen LogP contribution in [0.1, 0.15) is 42.5 Å². The Morgan fingerprint density at radius 1 is 1.25 bits per heavy atom. The zero-order chi connectivity index (χ0) is 16.8. The summed E-state index contributed by atoms with van der Waals surface area (Å²) in [6.45, 7) is 6.41. The largest absolute Gasteiger partial charge is 0.477 e. The Morgan fingerprint density at radius 2 is 2.00 bits per heavy atom. The molecule has 3 N–H and O–H groups in total. The number of piperazine rings is 1. The molecule has 1 amide bonds. The van der Waals surface area contributed by atoms with E-state index in [1.165, 1.54) is 38.3 Å². The first kappa shape index (κ1) is 17.2. The minimum Gasteiger partial charge on any atom is -0.477 e. The van der Waals surface area contributed by atoms with Gasteiger partial charge < -0.3 is 15.8 Å². The predicted molar refractivity (Wildman–Crippen MR) is 92.1 cm³/mol. The van der Waals surface area contributed by atoms with Crippen LogP contribution in [0.2, 0.25) is 0 Å². The number of amides is 1. The van der Waals surface area contributed by atoms with Crippen LogP contribution >= 0.6 is 0 Å². The molecular weight excluding hydrogens is 306 g/mol. The fraction of sp³-hybridized carbons (Fsp3) is 0.765. The van der Waals surface area contributed by atoms with Crippen molar-refractivity contribution in [2.24, 2.45) is 11.7 Å². The number of nitrogens with zero attached hydrogens (tertiary/aromatic N) is 3. The summed E-state index contributed by atoms with van der Waals surface area (Å²) in [7, 11) is 0. The lowest BCUT2D eigenvalue weighted by molar-refractivity contribution is 0.0993. The second kappa shape index (κ2) is 8.48. The molecule has 2 aliphatic rings. The lowest BCUT2D eigenvalue weighted by Crippen LogP contribution is -2.44. The van der Waals surface area contributed by atoms with Gasteiger partial charge in [-0.25, -0.2) is 4.68 Å². The maximum Gasteiger partial charge on any atom is 0.255 e. The number of aromatic nitrogens is 2. The molecule has 0 atom stereocenters. The summed E-state index contributed by atoms with van der Waals surface area (Å²) >= 11 is 0. The van der Waals surface area contributed by atoms with Gasteiger partial charge in [-0.2, -0.15) is 5.10 Å². The van der Waals surface area contributed by atoms with E-state index in [2.05, 4.69) is 15.3 Å². The highest BCUT2D eigenvalue weighted by Gasteiger charge is 2.20. The van der Waals surface area contributed by atoms with Gasteiger partial charge in [0.15, 0.2) is 0 Å². The van der Waals surface area contributed by atoms with Crippen LogP contribution in [0.4, 0.5) is 0 Å². The molecule has 1 aliphatic heterocycles.